The summed E-state index contributed by atoms with van der Waals surface area (Å²) in [5.41, 5.74) is 1.77. The number of aryl methyl sites for hydroxylation is 1. The molecule has 3 nitrogen and oxygen atoms in total. The topological polar surface area (TPSA) is 25.4 Å². The number of ether oxygens (including phenoxy) is 1. The Morgan fingerprint density at radius 3 is 2.71 bits per heavy atom. The Bertz CT molecular complexity index is 421. The maximum absolute atomic E-state index is 5.44. The van der Waals surface area contributed by atoms with Gasteiger partial charge < -0.3 is 9.64 Å². The lowest BCUT2D eigenvalue weighted by Crippen LogP contribution is -2.58. The Kier molecular flexibility index (Phi) is 2.87. The number of halogens is 1. The smallest absolute Gasteiger partial charge is 0.128 e. The van der Waals surface area contributed by atoms with Crippen molar-refractivity contribution in [2.45, 2.75) is 19.8 Å². The van der Waals surface area contributed by atoms with Crippen LogP contribution in [0.2, 0.25) is 0 Å². The highest BCUT2D eigenvalue weighted by Crippen LogP contribution is 2.41. The fourth-order valence-electron chi connectivity index (χ4n) is 2.74. The second-order valence-electron chi connectivity index (χ2n) is 5.26. The molecule has 0 aliphatic carbocycles. The predicted molar refractivity (Wildman–Crippen MR) is 71.4 cm³/mol. The summed E-state index contributed by atoms with van der Waals surface area (Å²) in [5, 5.41) is 0. The van der Waals surface area contributed by atoms with Crippen LogP contribution in [0.15, 0.2) is 16.7 Å². The van der Waals surface area contributed by atoms with Crippen molar-refractivity contribution in [3.05, 3.63) is 22.3 Å². The molecule has 3 rings (SSSR count). The molecule has 1 spiro atoms. The number of rotatable bonds is 1. The van der Waals surface area contributed by atoms with E-state index in [0.717, 1.165) is 36.6 Å². The third-order valence-corrected chi connectivity index (χ3v) is 4.79. The first kappa shape index (κ1) is 11.5. The molecule has 2 saturated heterocycles. The minimum absolute atomic E-state index is 0.515. The van der Waals surface area contributed by atoms with Crippen LogP contribution in [0.25, 0.3) is 0 Å². The fourth-order valence-corrected chi connectivity index (χ4v) is 2.96. The molecule has 3 heterocycles. The van der Waals surface area contributed by atoms with Gasteiger partial charge in [0.1, 0.15) is 5.82 Å². The monoisotopic (exact) mass is 296 g/mol. The van der Waals surface area contributed by atoms with Gasteiger partial charge >= 0.3 is 0 Å². The number of aromatic nitrogens is 1. The van der Waals surface area contributed by atoms with Crippen LogP contribution in [0.4, 0.5) is 5.82 Å². The number of anilines is 1. The molecule has 0 aromatic carbocycles. The molecule has 0 amide bonds. The summed E-state index contributed by atoms with van der Waals surface area (Å²) in [6.45, 7) is 6.26. The SMILES string of the molecule is Cc1cc(N2CC3(CCOCC3)C2)ncc1Br. The van der Waals surface area contributed by atoms with Gasteiger partial charge in [0.2, 0.25) is 0 Å². The van der Waals surface area contributed by atoms with Crippen LogP contribution in [-0.2, 0) is 4.74 Å². The van der Waals surface area contributed by atoms with Crippen LogP contribution in [0.5, 0.6) is 0 Å². The lowest BCUT2D eigenvalue weighted by molar-refractivity contribution is -0.000458. The summed E-state index contributed by atoms with van der Waals surface area (Å²) in [6.07, 6.45) is 4.32. The van der Waals surface area contributed by atoms with E-state index in [1.165, 1.54) is 18.4 Å². The van der Waals surface area contributed by atoms with Crippen molar-refractivity contribution in [1.82, 2.24) is 4.98 Å². The zero-order valence-corrected chi connectivity index (χ0v) is 11.7. The first-order valence-electron chi connectivity index (χ1n) is 6.13. The Hall–Kier alpha value is -0.610. The first-order valence-corrected chi connectivity index (χ1v) is 6.93. The summed E-state index contributed by atoms with van der Waals surface area (Å²) in [7, 11) is 0. The van der Waals surface area contributed by atoms with Gasteiger partial charge in [0, 0.05) is 42.4 Å². The van der Waals surface area contributed by atoms with Crippen molar-refractivity contribution in [2.24, 2.45) is 5.41 Å². The van der Waals surface area contributed by atoms with E-state index in [2.05, 4.69) is 38.8 Å². The van der Waals surface area contributed by atoms with Crippen molar-refractivity contribution < 1.29 is 4.74 Å². The van der Waals surface area contributed by atoms with E-state index in [-0.39, 0.29) is 0 Å². The van der Waals surface area contributed by atoms with Gasteiger partial charge in [-0.1, -0.05) is 0 Å². The summed E-state index contributed by atoms with van der Waals surface area (Å²) in [4.78, 5) is 6.87. The predicted octanol–water partition coefficient (Wildman–Crippen LogP) is 2.77. The largest absolute Gasteiger partial charge is 0.381 e. The van der Waals surface area contributed by atoms with Crippen molar-refractivity contribution in [3.63, 3.8) is 0 Å². The molecule has 0 unspecified atom stereocenters. The van der Waals surface area contributed by atoms with Gasteiger partial charge in [-0.15, -0.1) is 0 Å². The van der Waals surface area contributed by atoms with Gasteiger partial charge in [-0.05, 0) is 47.3 Å². The molecule has 2 aliphatic rings. The maximum Gasteiger partial charge on any atom is 0.128 e. The van der Waals surface area contributed by atoms with Crippen LogP contribution in [0, 0.1) is 12.3 Å². The van der Waals surface area contributed by atoms with Crippen LogP contribution in [0.3, 0.4) is 0 Å². The van der Waals surface area contributed by atoms with E-state index in [9.17, 15) is 0 Å². The van der Waals surface area contributed by atoms with Gasteiger partial charge in [0.05, 0.1) is 0 Å². The molecule has 1 aromatic rings. The number of hydrogen-bond acceptors (Lipinski definition) is 3. The first-order chi connectivity index (χ1) is 8.19. The molecular weight excluding hydrogens is 280 g/mol. The highest BCUT2D eigenvalue weighted by atomic mass is 79.9. The molecule has 1 aromatic heterocycles. The highest BCUT2D eigenvalue weighted by molar-refractivity contribution is 9.10. The van der Waals surface area contributed by atoms with E-state index in [1.807, 2.05) is 6.20 Å². The van der Waals surface area contributed by atoms with Crippen LogP contribution in [-0.4, -0.2) is 31.3 Å². The maximum atomic E-state index is 5.44. The Balaban J connectivity index is 1.70. The average Bonchev–Trinajstić information content (AvgIpc) is 2.31. The second kappa shape index (κ2) is 4.25. The summed E-state index contributed by atoms with van der Waals surface area (Å²) < 4.78 is 6.52. The van der Waals surface area contributed by atoms with Crippen molar-refractivity contribution >= 4 is 21.7 Å². The molecular formula is C13H17BrN2O. The molecule has 0 atom stereocenters. The normalized spacial score (nSPS) is 22.6. The second-order valence-corrected chi connectivity index (χ2v) is 6.11. The Labute approximate surface area is 110 Å². The van der Waals surface area contributed by atoms with Crippen molar-refractivity contribution in [3.8, 4) is 0 Å². The van der Waals surface area contributed by atoms with Gasteiger partial charge in [0.25, 0.3) is 0 Å². The molecule has 4 heteroatoms. The fraction of sp³-hybridized carbons (Fsp3) is 0.615. The molecule has 0 bridgehead atoms. The summed E-state index contributed by atoms with van der Waals surface area (Å²) >= 11 is 3.49. The van der Waals surface area contributed by atoms with Crippen LogP contribution in [0.1, 0.15) is 18.4 Å². The molecule has 92 valence electrons. The standard InChI is InChI=1S/C13H17BrN2O/c1-10-6-12(15-7-11(10)14)16-8-13(9-16)2-4-17-5-3-13/h6-7H,2-5,8-9H2,1H3. The number of nitrogens with zero attached hydrogens (tertiary/aromatic N) is 2. The summed E-state index contributed by atoms with van der Waals surface area (Å²) in [6, 6.07) is 2.16. The van der Waals surface area contributed by atoms with E-state index in [1.54, 1.807) is 0 Å². The lowest BCUT2D eigenvalue weighted by Gasteiger charge is -2.52. The van der Waals surface area contributed by atoms with E-state index in [4.69, 9.17) is 4.74 Å². The summed E-state index contributed by atoms with van der Waals surface area (Å²) in [5.74, 6) is 1.11. The third kappa shape index (κ3) is 2.08. The van der Waals surface area contributed by atoms with Gasteiger partial charge in [-0.2, -0.15) is 0 Å². The number of hydrogen-bond donors (Lipinski definition) is 0. The van der Waals surface area contributed by atoms with Crippen molar-refractivity contribution in [2.75, 3.05) is 31.2 Å². The minimum atomic E-state index is 0.515. The van der Waals surface area contributed by atoms with E-state index in [0.29, 0.717) is 5.41 Å². The van der Waals surface area contributed by atoms with Gasteiger partial charge in [-0.25, -0.2) is 4.98 Å². The van der Waals surface area contributed by atoms with Gasteiger partial charge in [0.15, 0.2) is 0 Å². The number of pyridine rings is 1. The Morgan fingerprint density at radius 1 is 1.35 bits per heavy atom. The average molecular weight is 297 g/mol. The van der Waals surface area contributed by atoms with Gasteiger partial charge in [-0.3, -0.25) is 0 Å². The molecule has 17 heavy (non-hydrogen) atoms. The van der Waals surface area contributed by atoms with E-state index >= 15 is 0 Å². The minimum Gasteiger partial charge on any atom is -0.381 e. The Morgan fingerprint density at radius 2 is 2.06 bits per heavy atom. The highest BCUT2D eigenvalue weighted by Gasteiger charge is 2.44. The molecule has 0 N–H and O–H groups in total. The molecule has 0 saturated carbocycles. The quantitative estimate of drug-likeness (QED) is 0.797. The lowest BCUT2D eigenvalue weighted by atomic mass is 9.73. The molecule has 2 aliphatic heterocycles. The molecule has 0 radical (unpaired) electrons. The van der Waals surface area contributed by atoms with Crippen LogP contribution >= 0.6 is 15.9 Å². The van der Waals surface area contributed by atoms with Crippen LogP contribution < -0.4 is 4.90 Å². The molecule has 2 fully saturated rings. The zero-order chi connectivity index (χ0) is 11.9. The van der Waals surface area contributed by atoms with E-state index < -0.39 is 0 Å². The third-order valence-electron chi connectivity index (χ3n) is 3.96. The zero-order valence-electron chi connectivity index (χ0n) is 10.1. The van der Waals surface area contributed by atoms with Crippen molar-refractivity contribution in [1.29, 1.82) is 0 Å².